The third-order valence-corrected chi connectivity index (χ3v) is 3.82. The van der Waals surface area contributed by atoms with Gasteiger partial charge in [-0.05, 0) is 25.8 Å². The number of rotatable bonds is 4. The van der Waals surface area contributed by atoms with E-state index >= 15 is 0 Å². The van der Waals surface area contributed by atoms with Gasteiger partial charge in [-0.15, -0.1) is 0 Å². The molecule has 7 nitrogen and oxygen atoms in total. The van der Waals surface area contributed by atoms with Gasteiger partial charge in [-0.1, -0.05) is 18.0 Å². The predicted octanol–water partition coefficient (Wildman–Crippen LogP) is 2.30. The highest BCUT2D eigenvalue weighted by molar-refractivity contribution is 6.05. The van der Waals surface area contributed by atoms with Crippen LogP contribution in [-0.2, 0) is 0 Å². The molecule has 0 bridgehead atoms. The molecule has 1 aliphatic carbocycles. The zero-order chi connectivity index (χ0) is 16.2. The standard InChI is InChI=1S/C16H18N4O3/c1-10-6-14(20-23-10)19-16(22)12-7-11(8-17-9-12)15(21)18-13-4-2-3-5-13/h6-9,13H,2-5H2,1H3,(H,18,21)(H,19,20,22). The Hall–Kier alpha value is -2.70. The predicted molar refractivity (Wildman–Crippen MR) is 83.2 cm³/mol. The molecule has 2 amide bonds. The lowest BCUT2D eigenvalue weighted by Crippen LogP contribution is -2.32. The van der Waals surface area contributed by atoms with Crippen LogP contribution < -0.4 is 10.6 Å². The van der Waals surface area contributed by atoms with Crippen molar-refractivity contribution < 1.29 is 14.1 Å². The molecule has 3 rings (SSSR count). The topological polar surface area (TPSA) is 97.1 Å². The lowest BCUT2D eigenvalue weighted by atomic mass is 10.1. The van der Waals surface area contributed by atoms with E-state index in [-0.39, 0.29) is 17.9 Å². The highest BCUT2D eigenvalue weighted by Gasteiger charge is 2.19. The quantitative estimate of drug-likeness (QED) is 0.902. The van der Waals surface area contributed by atoms with Crippen molar-refractivity contribution in [2.24, 2.45) is 0 Å². The number of aryl methyl sites for hydroxylation is 1. The van der Waals surface area contributed by atoms with E-state index in [0.717, 1.165) is 25.7 Å². The van der Waals surface area contributed by atoms with Crippen molar-refractivity contribution in [3.05, 3.63) is 41.4 Å². The Labute approximate surface area is 133 Å². The van der Waals surface area contributed by atoms with Crippen LogP contribution in [0.1, 0.15) is 52.2 Å². The molecule has 1 aliphatic rings. The summed E-state index contributed by atoms with van der Waals surface area (Å²) in [6.07, 6.45) is 7.16. The van der Waals surface area contributed by atoms with Crippen LogP contribution >= 0.6 is 0 Å². The molecule has 23 heavy (non-hydrogen) atoms. The van der Waals surface area contributed by atoms with Crippen molar-refractivity contribution in [3.8, 4) is 0 Å². The first-order chi connectivity index (χ1) is 11.1. The van der Waals surface area contributed by atoms with Gasteiger partial charge < -0.3 is 15.2 Å². The molecule has 0 aliphatic heterocycles. The Morgan fingerprint density at radius 3 is 2.48 bits per heavy atom. The number of hydrogen-bond donors (Lipinski definition) is 2. The third-order valence-electron chi connectivity index (χ3n) is 3.82. The van der Waals surface area contributed by atoms with E-state index in [9.17, 15) is 9.59 Å². The first-order valence-corrected chi connectivity index (χ1v) is 7.62. The van der Waals surface area contributed by atoms with Gasteiger partial charge in [0.15, 0.2) is 5.82 Å². The van der Waals surface area contributed by atoms with Crippen molar-refractivity contribution in [2.75, 3.05) is 5.32 Å². The average molecular weight is 314 g/mol. The minimum Gasteiger partial charge on any atom is -0.360 e. The van der Waals surface area contributed by atoms with Gasteiger partial charge in [-0.25, -0.2) is 0 Å². The first-order valence-electron chi connectivity index (χ1n) is 7.62. The van der Waals surface area contributed by atoms with Gasteiger partial charge in [0.25, 0.3) is 11.8 Å². The number of nitrogens with one attached hydrogen (secondary N) is 2. The second-order valence-corrected chi connectivity index (χ2v) is 5.69. The van der Waals surface area contributed by atoms with Gasteiger partial charge in [0, 0.05) is 24.5 Å². The van der Waals surface area contributed by atoms with Crippen molar-refractivity contribution in [3.63, 3.8) is 0 Å². The zero-order valence-electron chi connectivity index (χ0n) is 12.8. The summed E-state index contributed by atoms with van der Waals surface area (Å²) in [6.45, 7) is 1.73. The summed E-state index contributed by atoms with van der Waals surface area (Å²) in [5.74, 6) is 0.342. The Morgan fingerprint density at radius 2 is 1.83 bits per heavy atom. The number of hydrogen-bond acceptors (Lipinski definition) is 5. The summed E-state index contributed by atoms with van der Waals surface area (Å²) in [6, 6.07) is 3.36. The van der Waals surface area contributed by atoms with Crippen LogP contribution in [-0.4, -0.2) is 28.0 Å². The molecule has 0 spiro atoms. The maximum Gasteiger partial charge on any atom is 0.258 e. The second-order valence-electron chi connectivity index (χ2n) is 5.69. The van der Waals surface area contributed by atoms with Gasteiger partial charge in [-0.2, -0.15) is 0 Å². The van der Waals surface area contributed by atoms with Gasteiger partial charge in [-0.3, -0.25) is 14.6 Å². The van der Waals surface area contributed by atoms with Crippen LogP contribution in [0.2, 0.25) is 0 Å². The number of nitrogens with zero attached hydrogens (tertiary/aromatic N) is 2. The van der Waals surface area contributed by atoms with E-state index in [2.05, 4.69) is 20.8 Å². The molecular formula is C16H18N4O3. The summed E-state index contributed by atoms with van der Waals surface area (Å²) < 4.78 is 4.89. The van der Waals surface area contributed by atoms with Gasteiger partial charge >= 0.3 is 0 Å². The molecule has 2 N–H and O–H groups in total. The van der Waals surface area contributed by atoms with E-state index in [1.54, 1.807) is 13.0 Å². The molecule has 1 fully saturated rings. The molecule has 0 radical (unpaired) electrons. The minimum atomic E-state index is -0.388. The van der Waals surface area contributed by atoms with Crippen molar-refractivity contribution >= 4 is 17.6 Å². The maximum absolute atomic E-state index is 12.2. The Bertz CT molecular complexity index is 720. The minimum absolute atomic E-state index is 0.198. The largest absolute Gasteiger partial charge is 0.360 e. The molecule has 120 valence electrons. The molecule has 0 aromatic carbocycles. The zero-order valence-corrected chi connectivity index (χ0v) is 12.8. The summed E-state index contributed by atoms with van der Waals surface area (Å²) >= 11 is 0. The summed E-state index contributed by atoms with van der Waals surface area (Å²) in [5.41, 5.74) is 0.672. The van der Waals surface area contributed by atoms with Crippen LogP contribution in [0.15, 0.2) is 29.0 Å². The Kier molecular flexibility index (Phi) is 4.36. The summed E-state index contributed by atoms with van der Waals surface area (Å²) in [7, 11) is 0. The molecule has 2 heterocycles. The SMILES string of the molecule is Cc1cc(NC(=O)c2cncc(C(=O)NC3CCCC3)c2)no1. The van der Waals surface area contributed by atoms with E-state index in [1.807, 2.05) is 0 Å². The van der Waals surface area contributed by atoms with Crippen LogP contribution in [0.5, 0.6) is 0 Å². The van der Waals surface area contributed by atoms with E-state index in [4.69, 9.17) is 4.52 Å². The van der Waals surface area contributed by atoms with E-state index in [1.165, 1.54) is 18.5 Å². The van der Waals surface area contributed by atoms with Gasteiger partial charge in [0.1, 0.15) is 5.76 Å². The Balaban J connectivity index is 1.68. The highest BCUT2D eigenvalue weighted by atomic mass is 16.5. The van der Waals surface area contributed by atoms with Gasteiger partial charge in [0.05, 0.1) is 11.1 Å². The number of carbonyl (C=O) groups is 2. The molecule has 7 heteroatoms. The molecule has 0 atom stereocenters. The number of anilines is 1. The molecule has 2 aromatic rings. The average Bonchev–Trinajstić information content (AvgIpc) is 3.19. The molecule has 0 unspecified atom stereocenters. The monoisotopic (exact) mass is 314 g/mol. The fourth-order valence-electron chi connectivity index (χ4n) is 2.64. The lowest BCUT2D eigenvalue weighted by molar-refractivity contribution is 0.0937. The molecule has 2 aromatic heterocycles. The fraction of sp³-hybridized carbons (Fsp3) is 0.375. The fourth-order valence-corrected chi connectivity index (χ4v) is 2.64. The van der Waals surface area contributed by atoms with Crippen molar-refractivity contribution in [2.45, 2.75) is 38.6 Å². The molecular weight excluding hydrogens is 296 g/mol. The van der Waals surface area contributed by atoms with E-state index in [0.29, 0.717) is 22.7 Å². The maximum atomic E-state index is 12.2. The van der Waals surface area contributed by atoms with Crippen molar-refractivity contribution in [1.82, 2.24) is 15.5 Å². The van der Waals surface area contributed by atoms with E-state index < -0.39 is 0 Å². The molecule has 1 saturated carbocycles. The number of carbonyl (C=O) groups excluding carboxylic acids is 2. The van der Waals surface area contributed by atoms with Crippen molar-refractivity contribution in [1.29, 1.82) is 0 Å². The smallest absolute Gasteiger partial charge is 0.258 e. The second kappa shape index (κ2) is 6.60. The first kappa shape index (κ1) is 15.2. The van der Waals surface area contributed by atoms with Crippen LogP contribution in [0.3, 0.4) is 0 Å². The Morgan fingerprint density at radius 1 is 1.13 bits per heavy atom. The van der Waals surface area contributed by atoms with Crippen LogP contribution in [0.25, 0.3) is 0 Å². The highest BCUT2D eigenvalue weighted by Crippen LogP contribution is 2.18. The summed E-state index contributed by atoms with van der Waals surface area (Å²) in [4.78, 5) is 28.4. The van der Waals surface area contributed by atoms with Gasteiger partial charge in [0.2, 0.25) is 0 Å². The normalized spacial score (nSPS) is 14.7. The number of pyridine rings is 1. The summed E-state index contributed by atoms with van der Waals surface area (Å²) in [5, 5.41) is 9.28. The lowest BCUT2D eigenvalue weighted by Gasteiger charge is -2.12. The number of amides is 2. The number of aromatic nitrogens is 2. The van der Waals surface area contributed by atoms with Crippen LogP contribution in [0, 0.1) is 6.92 Å². The molecule has 0 saturated heterocycles. The third kappa shape index (κ3) is 3.74. The van der Waals surface area contributed by atoms with Crippen LogP contribution in [0.4, 0.5) is 5.82 Å².